The fourth-order valence-corrected chi connectivity index (χ4v) is 3.82. The molecule has 0 aliphatic carbocycles. The SMILES string of the molecule is CCc1cccc(NC(=O)Nc2ccc(C3NC(=S)N(C)C(C)=C3C(=O)OCCOC)cc2)c1. The van der Waals surface area contributed by atoms with E-state index in [4.69, 9.17) is 21.7 Å². The molecule has 9 heteroatoms. The van der Waals surface area contributed by atoms with E-state index >= 15 is 0 Å². The molecule has 2 aromatic rings. The number of esters is 1. The van der Waals surface area contributed by atoms with Crippen LogP contribution in [0.3, 0.4) is 0 Å². The van der Waals surface area contributed by atoms with Crippen LogP contribution in [0.25, 0.3) is 0 Å². The summed E-state index contributed by atoms with van der Waals surface area (Å²) in [7, 11) is 3.35. The molecule has 8 nitrogen and oxygen atoms in total. The Kier molecular flexibility index (Phi) is 8.61. The maximum atomic E-state index is 12.8. The molecule has 0 aromatic heterocycles. The molecular weight excluding hydrogens is 452 g/mol. The van der Waals surface area contributed by atoms with E-state index in [9.17, 15) is 9.59 Å². The van der Waals surface area contributed by atoms with E-state index in [0.29, 0.717) is 28.7 Å². The molecule has 180 valence electrons. The van der Waals surface area contributed by atoms with E-state index in [1.807, 2.05) is 43.3 Å². The molecule has 2 aromatic carbocycles. The van der Waals surface area contributed by atoms with Gasteiger partial charge in [-0.1, -0.05) is 31.2 Å². The summed E-state index contributed by atoms with van der Waals surface area (Å²) in [6.07, 6.45) is 0.892. The number of thiocarbonyl (C=S) groups is 1. The molecule has 0 bridgehead atoms. The van der Waals surface area contributed by atoms with E-state index in [1.165, 1.54) is 0 Å². The Morgan fingerprint density at radius 3 is 2.47 bits per heavy atom. The van der Waals surface area contributed by atoms with Crippen LogP contribution in [0.1, 0.15) is 31.0 Å². The first-order valence-electron chi connectivity index (χ1n) is 11.0. The third-order valence-corrected chi connectivity index (χ3v) is 5.98. The second-order valence-electron chi connectivity index (χ2n) is 7.82. The number of amides is 2. The fourth-order valence-electron chi connectivity index (χ4n) is 3.57. The number of ether oxygens (including phenoxy) is 2. The van der Waals surface area contributed by atoms with Crippen LogP contribution in [0.4, 0.5) is 16.2 Å². The zero-order valence-electron chi connectivity index (χ0n) is 19.8. The standard InChI is InChI=1S/C25H30N4O4S/c1-5-17-7-6-8-20(15-17)27-24(31)26-19-11-9-18(10-12-19)22-21(23(30)33-14-13-32-4)16(2)29(3)25(34)28-22/h6-12,15,22H,5,13-14H2,1-4H3,(H,28,34)(H2,26,27,31). The summed E-state index contributed by atoms with van der Waals surface area (Å²) < 4.78 is 10.4. The summed E-state index contributed by atoms with van der Waals surface area (Å²) in [5.74, 6) is -0.433. The number of carbonyl (C=O) groups excluding carboxylic acids is 2. The Morgan fingerprint density at radius 2 is 1.79 bits per heavy atom. The Bertz CT molecular complexity index is 1080. The van der Waals surface area contributed by atoms with Crippen molar-refractivity contribution in [1.29, 1.82) is 0 Å². The lowest BCUT2D eigenvalue weighted by Crippen LogP contribution is -2.46. The van der Waals surface area contributed by atoms with E-state index in [1.54, 1.807) is 31.2 Å². The molecule has 1 aliphatic rings. The molecule has 3 N–H and O–H groups in total. The summed E-state index contributed by atoms with van der Waals surface area (Å²) in [6, 6.07) is 14.2. The van der Waals surface area contributed by atoms with Crippen LogP contribution in [0, 0.1) is 0 Å². The van der Waals surface area contributed by atoms with Crippen LogP contribution >= 0.6 is 12.2 Å². The van der Waals surface area contributed by atoms with E-state index in [-0.39, 0.29) is 12.6 Å². The largest absolute Gasteiger partial charge is 0.460 e. The number of urea groups is 1. The molecule has 1 atom stereocenters. The predicted molar refractivity (Wildman–Crippen MR) is 137 cm³/mol. The Balaban J connectivity index is 1.74. The zero-order valence-corrected chi connectivity index (χ0v) is 20.6. The smallest absolute Gasteiger partial charge is 0.338 e. The van der Waals surface area contributed by atoms with Gasteiger partial charge in [0.2, 0.25) is 0 Å². The van der Waals surface area contributed by atoms with Crippen LogP contribution < -0.4 is 16.0 Å². The first kappa shape index (κ1) is 25.2. The third-order valence-electron chi connectivity index (χ3n) is 5.59. The molecule has 1 aliphatic heterocycles. The molecule has 2 amide bonds. The second-order valence-corrected chi connectivity index (χ2v) is 8.21. The van der Waals surface area contributed by atoms with Gasteiger partial charge < -0.3 is 30.3 Å². The summed E-state index contributed by atoms with van der Waals surface area (Å²) in [5, 5.41) is 9.38. The maximum absolute atomic E-state index is 12.8. The number of hydrogen-bond acceptors (Lipinski definition) is 5. The molecule has 0 spiro atoms. The van der Waals surface area contributed by atoms with Gasteiger partial charge in [0.25, 0.3) is 0 Å². The molecular formula is C25H30N4O4S. The van der Waals surface area contributed by atoms with Crippen molar-refractivity contribution in [1.82, 2.24) is 10.2 Å². The lowest BCUT2D eigenvalue weighted by atomic mass is 9.95. The number of aryl methyl sites for hydroxylation is 1. The summed E-state index contributed by atoms with van der Waals surface area (Å²) in [6.45, 7) is 4.37. The molecule has 0 radical (unpaired) electrons. The monoisotopic (exact) mass is 482 g/mol. The maximum Gasteiger partial charge on any atom is 0.338 e. The number of methoxy groups -OCH3 is 1. The van der Waals surface area contributed by atoms with Gasteiger partial charge in [0.1, 0.15) is 6.61 Å². The molecule has 3 rings (SSSR count). The number of rotatable bonds is 8. The minimum Gasteiger partial charge on any atom is -0.460 e. The van der Waals surface area contributed by atoms with Crippen molar-refractivity contribution in [2.75, 3.05) is 38.0 Å². The Labute approximate surface area is 205 Å². The van der Waals surface area contributed by atoms with Gasteiger partial charge in [-0.3, -0.25) is 0 Å². The van der Waals surface area contributed by atoms with Gasteiger partial charge in [0, 0.05) is 31.2 Å². The van der Waals surface area contributed by atoms with Gasteiger partial charge in [0.05, 0.1) is 18.2 Å². The summed E-state index contributed by atoms with van der Waals surface area (Å²) in [4.78, 5) is 27.0. The van der Waals surface area contributed by atoms with Gasteiger partial charge in [0.15, 0.2) is 5.11 Å². The highest BCUT2D eigenvalue weighted by molar-refractivity contribution is 7.80. The van der Waals surface area contributed by atoms with Crippen LogP contribution in [0.2, 0.25) is 0 Å². The van der Waals surface area contributed by atoms with Crippen LogP contribution in [-0.4, -0.2) is 49.4 Å². The Hall–Kier alpha value is -3.43. The molecule has 1 heterocycles. The quantitative estimate of drug-likeness (QED) is 0.295. The van der Waals surface area contributed by atoms with Crippen molar-refractivity contribution in [2.24, 2.45) is 0 Å². The summed E-state index contributed by atoms with van der Waals surface area (Å²) in [5.41, 5.74) is 4.50. The van der Waals surface area contributed by atoms with Crippen molar-refractivity contribution >= 4 is 40.7 Å². The van der Waals surface area contributed by atoms with Crippen LogP contribution in [-0.2, 0) is 20.7 Å². The number of benzene rings is 2. The second kappa shape index (κ2) is 11.6. The van der Waals surface area contributed by atoms with Gasteiger partial charge in [-0.2, -0.15) is 0 Å². The third kappa shape index (κ3) is 6.12. The Morgan fingerprint density at radius 1 is 1.09 bits per heavy atom. The lowest BCUT2D eigenvalue weighted by Gasteiger charge is -2.35. The van der Waals surface area contributed by atoms with E-state index in [0.717, 1.165) is 23.2 Å². The number of nitrogens with one attached hydrogen (secondary N) is 3. The number of nitrogens with zero attached hydrogens (tertiary/aromatic N) is 1. The minimum atomic E-state index is -0.474. The van der Waals surface area contributed by atoms with Crippen molar-refractivity contribution in [2.45, 2.75) is 26.3 Å². The number of allylic oxidation sites excluding steroid dienone is 1. The van der Waals surface area contributed by atoms with Crippen molar-refractivity contribution < 1.29 is 19.1 Å². The van der Waals surface area contributed by atoms with Gasteiger partial charge in [-0.15, -0.1) is 0 Å². The van der Waals surface area contributed by atoms with E-state index in [2.05, 4.69) is 22.9 Å². The molecule has 34 heavy (non-hydrogen) atoms. The molecule has 0 fully saturated rings. The molecule has 1 unspecified atom stereocenters. The number of anilines is 2. The van der Waals surface area contributed by atoms with Crippen molar-refractivity contribution in [3.8, 4) is 0 Å². The average Bonchev–Trinajstić information content (AvgIpc) is 2.83. The normalized spacial score (nSPS) is 15.6. The topological polar surface area (TPSA) is 91.9 Å². The summed E-state index contributed by atoms with van der Waals surface area (Å²) >= 11 is 5.43. The highest BCUT2D eigenvalue weighted by Gasteiger charge is 2.33. The zero-order chi connectivity index (χ0) is 24.7. The van der Waals surface area contributed by atoms with E-state index < -0.39 is 12.0 Å². The number of carbonyl (C=O) groups is 2. The van der Waals surface area contributed by atoms with Gasteiger partial charge >= 0.3 is 12.0 Å². The fraction of sp³-hybridized carbons (Fsp3) is 0.320. The first-order valence-corrected chi connectivity index (χ1v) is 11.4. The minimum absolute atomic E-state index is 0.159. The van der Waals surface area contributed by atoms with Gasteiger partial charge in [-0.25, -0.2) is 9.59 Å². The predicted octanol–water partition coefficient (Wildman–Crippen LogP) is 4.22. The lowest BCUT2D eigenvalue weighted by molar-refractivity contribution is -0.140. The van der Waals surface area contributed by atoms with Crippen molar-refractivity contribution in [3.63, 3.8) is 0 Å². The van der Waals surface area contributed by atoms with Crippen molar-refractivity contribution in [3.05, 3.63) is 70.9 Å². The highest BCUT2D eigenvalue weighted by atomic mass is 32.1. The van der Waals surface area contributed by atoms with Gasteiger partial charge in [-0.05, 0) is 61.0 Å². The molecule has 0 saturated heterocycles. The molecule has 0 saturated carbocycles. The van der Waals surface area contributed by atoms with Crippen LogP contribution in [0.5, 0.6) is 0 Å². The first-order chi connectivity index (χ1) is 16.3. The number of hydrogen-bond donors (Lipinski definition) is 3. The van der Waals surface area contributed by atoms with Crippen LogP contribution in [0.15, 0.2) is 59.8 Å². The average molecular weight is 483 g/mol. The highest BCUT2D eigenvalue weighted by Crippen LogP contribution is 2.31.